The Labute approximate surface area is 95.4 Å². The molecule has 0 saturated heterocycles. The fourth-order valence-corrected chi connectivity index (χ4v) is 2.62. The molecule has 80 valence electrons. The molecule has 0 N–H and O–H groups in total. The minimum Gasteiger partial charge on any atom is -0.265 e. The van der Waals surface area contributed by atoms with E-state index in [1.807, 2.05) is 24.8 Å². The van der Waals surface area contributed by atoms with E-state index in [1.54, 1.807) is 0 Å². The van der Waals surface area contributed by atoms with Gasteiger partial charge in [0.05, 0.1) is 0 Å². The van der Waals surface area contributed by atoms with Crippen molar-refractivity contribution in [3.05, 3.63) is 60.2 Å². The fourth-order valence-electron chi connectivity index (χ4n) is 2.62. The molecule has 1 saturated carbocycles. The normalized spacial score (nSPS) is 17.8. The van der Waals surface area contributed by atoms with Crippen LogP contribution in [0.25, 0.3) is 0 Å². The first-order valence-electron chi connectivity index (χ1n) is 5.73. The van der Waals surface area contributed by atoms with Gasteiger partial charge in [0.2, 0.25) is 0 Å². The highest BCUT2D eigenvalue weighted by molar-refractivity contribution is 5.39. The van der Waals surface area contributed by atoms with E-state index >= 15 is 0 Å². The summed E-state index contributed by atoms with van der Waals surface area (Å²) in [6.45, 7) is 0. The lowest BCUT2D eigenvalue weighted by molar-refractivity contribution is 0.301. The van der Waals surface area contributed by atoms with Crippen LogP contribution in [-0.4, -0.2) is 9.97 Å². The van der Waals surface area contributed by atoms with E-state index in [0.717, 1.165) is 0 Å². The third-order valence-electron chi connectivity index (χ3n) is 3.67. The van der Waals surface area contributed by atoms with Crippen molar-refractivity contribution in [3.63, 3.8) is 0 Å². The van der Waals surface area contributed by atoms with Crippen LogP contribution in [0.4, 0.5) is 0 Å². The third kappa shape index (κ3) is 1.33. The maximum Gasteiger partial charge on any atom is 0.0270 e. The molecule has 0 unspecified atom stereocenters. The highest BCUT2D eigenvalue weighted by Crippen LogP contribution is 2.48. The maximum atomic E-state index is 4.10. The molecular formula is C14H14N2. The number of nitrogens with zero attached hydrogens (tertiary/aromatic N) is 2. The largest absolute Gasteiger partial charge is 0.265 e. The molecule has 2 heteroatoms. The Balaban J connectivity index is 2.08. The molecule has 0 aromatic carbocycles. The van der Waals surface area contributed by atoms with Gasteiger partial charge < -0.3 is 0 Å². The van der Waals surface area contributed by atoms with Crippen molar-refractivity contribution in [2.75, 3.05) is 0 Å². The summed E-state index contributed by atoms with van der Waals surface area (Å²) in [6, 6.07) is 8.55. The second-order valence-electron chi connectivity index (χ2n) is 4.41. The van der Waals surface area contributed by atoms with Crippen LogP contribution in [0.5, 0.6) is 0 Å². The summed E-state index contributed by atoms with van der Waals surface area (Å²) in [5.74, 6) is 0. The van der Waals surface area contributed by atoms with Gasteiger partial charge in [-0.1, -0.05) is 6.42 Å². The van der Waals surface area contributed by atoms with E-state index in [2.05, 4.69) is 34.2 Å². The van der Waals surface area contributed by atoms with Crippen molar-refractivity contribution < 1.29 is 0 Å². The van der Waals surface area contributed by atoms with Gasteiger partial charge in [-0.15, -0.1) is 0 Å². The van der Waals surface area contributed by atoms with Crippen LogP contribution in [0, 0.1) is 0 Å². The standard InChI is InChI=1S/C14H14N2/c1-6-14(7-1,12-2-8-15-9-3-12)13-4-10-16-11-5-13/h2-5,8-11H,1,6-7H2. The highest BCUT2D eigenvalue weighted by Gasteiger charge is 2.39. The van der Waals surface area contributed by atoms with Crippen molar-refractivity contribution in [2.45, 2.75) is 24.7 Å². The molecule has 1 fully saturated rings. The zero-order chi connectivity index (χ0) is 10.8. The SMILES string of the molecule is c1cc(C2(c3ccncc3)CCC2)ccn1. The Morgan fingerprint density at radius 3 is 1.50 bits per heavy atom. The Morgan fingerprint density at radius 1 is 0.750 bits per heavy atom. The molecule has 0 radical (unpaired) electrons. The van der Waals surface area contributed by atoms with E-state index < -0.39 is 0 Å². The predicted octanol–water partition coefficient (Wildman–Crippen LogP) is 2.95. The summed E-state index contributed by atoms with van der Waals surface area (Å²) < 4.78 is 0. The van der Waals surface area contributed by atoms with Crippen LogP contribution in [0.3, 0.4) is 0 Å². The van der Waals surface area contributed by atoms with E-state index in [-0.39, 0.29) is 5.41 Å². The quantitative estimate of drug-likeness (QED) is 0.761. The monoisotopic (exact) mass is 210 g/mol. The van der Waals surface area contributed by atoms with Crippen LogP contribution < -0.4 is 0 Å². The molecule has 1 aliphatic carbocycles. The van der Waals surface area contributed by atoms with Crippen molar-refractivity contribution in [2.24, 2.45) is 0 Å². The Bertz CT molecular complexity index is 419. The Morgan fingerprint density at radius 2 is 1.19 bits per heavy atom. The second-order valence-corrected chi connectivity index (χ2v) is 4.41. The van der Waals surface area contributed by atoms with Crippen LogP contribution in [0.1, 0.15) is 30.4 Å². The number of hydrogen-bond acceptors (Lipinski definition) is 2. The summed E-state index contributed by atoms with van der Waals surface area (Å²) in [5, 5.41) is 0. The van der Waals surface area contributed by atoms with Crippen molar-refractivity contribution >= 4 is 0 Å². The van der Waals surface area contributed by atoms with E-state index in [1.165, 1.54) is 30.4 Å². The van der Waals surface area contributed by atoms with Gasteiger partial charge in [0.25, 0.3) is 0 Å². The minimum atomic E-state index is 0.228. The lowest BCUT2D eigenvalue weighted by atomic mass is 9.61. The molecule has 1 aliphatic rings. The average molecular weight is 210 g/mol. The maximum absolute atomic E-state index is 4.10. The molecule has 0 atom stereocenters. The summed E-state index contributed by atoms with van der Waals surface area (Å²) in [5.41, 5.74) is 3.01. The number of rotatable bonds is 2. The molecule has 0 spiro atoms. The molecule has 3 rings (SSSR count). The van der Waals surface area contributed by atoms with Gasteiger partial charge in [-0.25, -0.2) is 0 Å². The fraction of sp³-hybridized carbons (Fsp3) is 0.286. The van der Waals surface area contributed by atoms with Crippen LogP contribution in [0.15, 0.2) is 49.1 Å². The van der Waals surface area contributed by atoms with Crippen molar-refractivity contribution in [3.8, 4) is 0 Å². The van der Waals surface area contributed by atoms with Crippen molar-refractivity contribution in [1.29, 1.82) is 0 Å². The first-order chi connectivity index (χ1) is 7.92. The van der Waals surface area contributed by atoms with Gasteiger partial charge in [-0.3, -0.25) is 9.97 Å². The smallest absolute Gasteiger partial charge is 0.0270 e. The first-order valence-corrected chi connectivity index (χ1v) is 5.73. The molecule has 0 bridgehead atoms. The summed E-state index contributed by atoms with van der Waals surface area (Å²) >= 11 is 0. The van der Waals surface area contributed by atoms with Gasteiger partial charge >= 0.3 is 0 Å². The second kappa shape index (κ2) is 3.71. The van der Waals surface area contributed by atoms with Crippen LogP contribution >= 0.6 is 0 Å². The number of aromatic nitrogens is 2. The zero-order valence-corrected chi connectivity index (χ0v) is 9.13. The van der Waals surface area contributed by atoms with Crippen LogP contribution in [-0.2, 0) is 5.41 Å². The number of pyridine rings is 2. The molecule has 2 aromatic rings. The molecular weight excluding hydrogens is 196 g/mol. The zero-order valence-electron chi connectivity index (χ0n) is 9.13. The summed E-state index contributed by atoms with van der Waals surface area (Å²) in [6.07, 6.45) is 11.3. The van der Waals surface area contributed by atoms with Gasteiger partial charge in [0, 0.05) is 30.2 Å². The molecule has 16 heavy (non-hydrogen) atoms. The lowest BCUT2D eigenvalue weighted by Crippen LogP contribution is -2.35. The molecule has 2 heterocycles. The summed E-state index contributed by atoms with van der Waals surface area (Å²) in [4.78, 5) is 8.20. The topological polar surface area (TPSA) is 25.8 Å². The van der Waals surface area contributed by atoms with Gasteiger partial charge in [-0.2, -0.15) is 0 Å². The number of hydrogen-bond donors (Lipinski definition) is 0. The molecule has 2 aromatic heterocycles. The van der Waals surface area contributed by atoms with Crippen LogP contribution in [0.2, 0.25) is 0 Å². The predicted molar refractivity (Wildman–Crippen MR) is 63.1 cm³/mol. The molecule has 0 amide bonds. The van der Waals surface area contributed by atoms with E-state index in [4.69, 9.17) is 0 Å². The first kappa shape index (κ1) is 9.52. The molecule has 2 nitrogen and oxygen atoms in total. The minimum absolute atomic E-state index is 0.228. The van der Waals surface area contributed by atoms with Gasteiger partial charge in [0.15, 0.2) is 0 Å². The Kier molecular flexibility index (Phi) is 2.21. The van der Waals surface area contributed by atoms with E-state index in [9.17, 15) is 0 Å². The lowest BCUT2D eigenvalue weighted by Gasteiger charge is -2.43. The third-order valence-corrected chi connectivity index (χ3v) is 3.67. The Hall–Kier alpha value is -1.70. The molecule has 0 aliphatic heterocycles. The van der Waals surface area contributed by atoms with E-state index in [0.29, 0.717) is 0 Å². The van der Waals surface area contributed by atoms with Gasteiger partial charge in [-0.05, 0) is 48.2 Å². The van der Waals surface area contributed by atoms with Gasteiger partial charge in [0.1, 0.15) is 0 Å². The summed E-state index contributed by atoms with van der Waals surface area (Å²) in [7, 11) is 0. The van der Waals surface area contributed by atoms with Crippen molar-refractivity contribution in [1.82, 2.24) is 9.97 Å². The average Bonchev–Trinajstić information content (AvgIpc) is 2.31. The highest BCUT2D eigenvalue weighted by atomic mass is 14.6.